The van der Waals surface area contributed by atoms with Crippen LogP contribution in [0.2, 0.25) is 0 Å². The highest BCUT2D eigenvalue weighted by Crippen LogP contribution is 2.33. The molecule has 6 nitrogen and oxygen atoms in total. The summed E-state index contributed by atoms with van der Waals surface area (Å²) in [7, 11) is -3.45. The molecule has 0 radical (unpaired) electrons. The van der Waals surface area contributed by atoms with Gasteiger partial charge in [-0.25, -0.2) is 0 Å². The first-order valence-corrected chi connectivity index (χ1v) is 9.02. The Hall–Kier alpha value is -0.210. The summed E-state index contributed by atoms with van der Waals surface area (Å²) in [4.78, 5) is 0. The van der Waals surface area contributed by atoms with Crippen molar-refractivity contribution < 1.29 is 13.2 Å². The molecule has 0 aromatic carbocycles. The van der Waals surface area contributed by atoms with E-state index in [0.717, 1.165) is 32.1 Å². The van der Waals surface area contributed by atoms with Crippen molar-refractivity contribution in [3.63, 3.8) is 0 Å². The van der Waals surface area contributed by atoms with Crippen molar-refractivity contribution in [3.05, 3.63) is 0 Å². The van der Waals surface area contributed by atoms with Crippen LogP contribution in [-0.2, 0) is 14.9 Å². The van der Waals surface area contributed by atoms with Crippen molar-refractivity contribution >= 4 is 10.2 Å². The van der Waals surface area contributed by atoms with Gasteiger partial charge in [-0.2, -0.15) is 17.4 Å². The predicted octanol–water partition coefficient (Wildman–Crippen LogP) is 0.451. The molecule has 1 aliphatic carbocycles. The van der Waals surface area contributed by atoms with Gasteiger partial charge in [0.25, 0.3) is 10.2 Å². The molecule has 0 unspecified atom stereocenters. The van der Waals surface area contributed by atoms with Crippen LogP contribution in [0.5, 0.6) is 0 Å². The first kappa shape index (κ1) is 16.2. The molecule has 0 bridgehead atoms. The molecule has 1 heterocycles. The van der Waals surface area contributed by atoms with Crippen LogP contribution < -0.4 is 10.5 Å². The second kappa shape index (κ2) is 6.70. The number of ether oxygens (including phenoxy) is 1. The highest BCUT2D eigenvalue weighted by atomic mass is 32.2. The topological polar surface area (TPSA) is 84.7 Å². The third-order valence-corrected chi connectivity index (χ3v) is 6.42. The largest absolute Gasteiger partial charge is 0.379 e. The van der Waals surface area contributed by atoms with E-state index in [4.69, 9.17) is 10.5 Å². The van der Waals surface area contributed by atoms with E-state index in [0.29, 0.717) is 38.8 Å². The molecule has 3 N–H and O–H groups in total. The Morgan fingerprint density at radius 2 is 1.90 bits per heavy atom. The first-order valence-electron chi connectivity index (χ1n) is 7.58. The third kappa shape index (κ3) is 3.71. The van der Waals surface area contributed by atoms with Crippen LogP contribution in [0, 0.1) is 5.92 Å². The van der Waals surface area contributed by atoms with E-state index < -0.39 is 15.7 Å². The Kier molecular flexibility index (Phi) is 5.42. The molecule has 2 fully saturated rings. The zero-order chi connectivity index (χ0) is 14.6. The number of hydrogen-bond donors (Lipinski definition) is 2. The second-order valence-corrected chi connectivity index (χ2v) is 7.63. The van der Waals surface area contributed by atoms with E-state index in [1.54, 1.807) is 0 Å². The smallest absolute Gasteiger partial charge is 0.280 e. The maximum absolute atomic E-state index is 12.5. The Balaban J connectivity index is 2.01. The molecule has 1 saturated heterocycles. The molecule has 1 saturated carbocycles. The van der Waals surface area contributed by atoms with Gasteiger partial charge >= 0.3 is 0 Å². The fourth-order valence-electron chi connectivity index (χ4n) is 3.11. The second-order valence-electron chi connectivity index (χ2n) is 5.95. The van der Waals surface area contributed by atoms with Crippen molar-refractivity contribution in [2.75, 3.05) is 32.8 Å². The lowest BCUT2D eigenvalue weighted by atomic mass is 9.76. The summed E-state index contributed by atoms with van der Waals surface area (Å²) >= 11 is 0. The number of nitrogens with one attached hydrogen (secondary N) is 1. The molecular formula is C13H27N3O3S. The predicted molar refractivity (Wildman–Crippen MR) is 78.5 cm³/mol. The van der Waals surface area contributed by atoms with Gasteiger partial charge in [-0.3, -0.25) is 0 Å². The first-order chi connectivity index (χ1) is 9.51. The monoisotopic (exact) mass is 305 g/mol. The number of nitrogens with two attached hydrogens (primary N) is 1. The van der Waals surface area contributed by atoms with Gasteiger partial charge in [0, 0.05) is 25.2 Å². The summed E-state index contributed by atoms with van der Waals surface area (Å²) in [5.74, 6) is 0.711. The molecule has 0 aromatic heterocycles. The fraction of sp³-hybridized carbons (Fsp3) is 1.00. The van der Waals surface area contributed by atoms with E-state index in [9.17, 15) is 8.42 Å². The maximum Gasteiger partial charge on any atom is 0.280 e. The van der Waals surface area contributed by atoms with E-state index in [2.05, 4.69) is 11.6 Å². The van der Waals surface area contributed by atoms with Gasteiger partial charge in [-0.1, -0.05) is 13.3 Å². The van der Waals surface area contributed by atoms with Crippen molar-refractivity contribution in [2.45, 2.75) is 44.6 Å². The number of hydrogen-bond acceptors (Lipinski definition) is 4. The lowest BCUT2D eigenvalue weighted by Gasteiger charge is -2.41. The Morgan fingerprint density at radius 3 is 2.40 bits per heavy atom. The zero-order valence-corrected chi connectivity index (χ0v) is 13.1. The molecule has 0 spiro atoms. The van der Waals surface area contributed by atoms with Crippen LogP contribution in [0.3, 0.4) is 0 Å². The Labute approximate surface area is 122 Å². The Morgan fingerprint density at radius 1 is 1.30 bits per heavy atom. The summed E-state index contributed by atoms with van der Waals surface area (Å²) in [5.41, 5.74) is 5.44. The van der Waals surface area contributed by atoms with Gasteiger partial charge in [0.15, 0.2) is 0 Å². The summed E-state index contributed by atoms with van der Waals surface area (Å²) in [5, 5.41) is 0. The highest BCUT2D eigenvalue weighted by Gasteiger charge is 2.39. The van der Waals surface area contributed by atoms with Gasteiger partial charge < -0.3 is 10.5 Å². The van der Waals surface area contributed by atoms with Gasteiger partial charge in [0.1, 0.15) is 0 Å². The van der Waals surface area contributed by atoms with Crippen LogP contribution in [0.4, 0.5) is 0 Å². The normalized spacial score (nSPS) is 33.2. The van der Waals surface area contributed by atoms with Crippen LogP contribution in [-0.4, -0.2) is 51.1 Å². The number of morpholine rings is 1. The highest BCUT2D eigenvalue weighted by molar-refractivity contribution is 7.87. The summed E-state index contributed by atoms with van der Waals surface area (Å²) in [6.45, 7) is 4.34. The minimum atomic E-state index is -3.45. The molecule has 0 aromatic rings. The molecule has 0 atom stereocenters. The van der Waals surface area contributed by atoms with Crippen molar-refractivity contribution in [1.29, 1.82) is 0 Å². The fourth-order valence-corrected chi connectivity index (χ4v) is 4.70. The number of nitrogens with zero attached hydrogens (tertiary/aromatic N) is 1. The molecule has 0 amide bonds. The molecule has 1 aliphatic heterocycles. The van der Waals surface area contributed by atoms with E-state index >= 15 is 0 Å². The molecule has 2 rings (SSSR count). The van der Waals surface area contributed by atoms with E-state index in [-0.39, 0.29) is 0 Å². The average Bonchev–Trinajstić information content (AvgIpc) is 2.48. The molecule has 2 aliphatic rings. The molecular weight excluding hydrogens is 278 g/mol. The lowest BCUT2D eigenvalue weighted by molar-refractivity contribution is 0.0714. The van der Waals surface area contributed by atoms with Crippen LogP contribution in [0.15, 0.2) is 0 Å². The van der Waals surface area contributed by atoms with Crippen LogP contribution in [0.25, 0.3) is 0 Å². The maximum atomic E-state index is 12.5. The van der Waals surface area contributed by atoms with Crippen LogP contribution in [0.1, 0.15) is 39.0 Å². The molecule has 20 heavy (non-hydrogen) atoms. The molecule has 118 valence electrons. The average molecular weight is 305 g/mol. The molecule has 7 heteroatoms. The van der Waals surface area contributed by atoms with Crippen molar-refractivity contribution in [1.82, 2.24) is 9.03 Å². The standard InChI is InChI=1S/C13H27N3O3S/c1-2-12-3-5-13(11-14,6-4-12)15-20(17,18)16-7-9-19-10-8-16/h12,15H,2-11,14H2,1H3. The third-order valence-electron chi connectivity index (χ3n) is 4.69. The zero-order valence-electron chi connectivity index (χ0n) is 12.3. The van der Waals surface area contributed by atoms with Gasteiger partial charge in [-0.15, -0.1) is 0 Å². The van der Waals surface area contributed by atoms with Gasteiger partial charge in [-0.05, 0) is 31.6 Å². The lowest BCUT2D eigenvalue weighted by Crippen LogP contribution is -2.59. The minimum Gasteiger partial charge on any atom is -0.379 e. The van der Waals surface area contributed by atoms with Crippen molar-refractivity contribution in [3.8, 4) is 0 Å². The number of rotatable bonds is 5. The summed E-state index contributed by atoms with van der Waals surface area (Å²) in [6, 6.07) is 0. The summed E-state index contributed by atoms with van der Waals surface area (Å²) in [6.07, 6.45) is 4.95. The summed E-state index contributed by atoms with van der Waals surface area (Å²) < 4.78 is 34.5. The van der Waals surface area contributed by atoms with Crippen LogP contribution >= 0.6 is 0 Å². The van der Waals surface area contributed by atoms with Gasteiger partial charge in [0.05, 0.1) is 13.2 Å². The minimum absolute atomic E-state index is 0.368. The van der Waals surface area contributed by atoms with Gasteiger partial charge in [0.2, 0.25) is 0 Å². The quantitative estimate of drug-likeness (QED) is 0.772. The van der Waals surface area contributed by atoms with E-state index in [1.165, 1.54) is 4.31 Å². The van der Waals surface area contributed by atoms with Crippen molar-refractivity contribution in [2.24, 2.45) is 11.7 Å². The van der Waals surface area contributed by atoms with E-state index in [1.807, 2.05) is 0 Å². The SMILES string of the molecule is CCC1CCC(CN)(NS(=O)(=O)N2CCOCC2)CC1. The Bertz CT molecular complexity index is 399.